The lowest BCUT2D eigenvalue weighted by atomic mass is 9.73. The van der Waals surface area contributed by atoms with E-state index in [0.29, 0.717) is 57.2 Å². The molecule has 1 aromatic heterocycles. The Morgan fingerprint density at radius 2 is 1.90 bits per heavy atom. The van der Waals surface area contributed by atoms with Crippen molar-refractivity contribution in [2.75, 3.05) is 30.9 Å². The van der Waals surface area contributed by atoms with E-state index in [0.717, 1.165) is 24.0 Å². The van der Waals surface area contributed by atoms with E-state index >= 15 is 0 Å². The molecule has 2 aliphatic rings. The standard InChI is InChI=1S/C28H30Cl2N4O4S/c1-4-38-27(35)24-26(32-16(2)23(33-24)20-6-5-7-21(29)22(20)30)34-12-10-28(11-13-34)15-17-14-18(39(3,36)37)8-9-19(17)25(28)31/h5-9,14,25H,4,10-13,15,31H2,1-3H3/t25-/m1/s1. The molecule has 1 atom stereocenters. The lowest BCUT2D eigenvalue weighted by Crippen LogP contribution is -2.45. The van der Waals surface area contributed by atoms with Crippen molar-refractivity contribution in [3.05, 3.63) is 69.0 Å². The smallest absolute Gasteiger partial charge is 0.360 e. The summed E-state index contributed by atoms with van der Waals surface area (Å²) in [6, 6.07) is 10.3. The van der Waals surface area contributed by atoms with Gasteiger partial charge in [0.2, 0.25) is 0 Å². The largest absolute Gasteiger partial charge is 0.461 e. The van der Waals surface area contributed by atoms with E-state index in [1.807, 2.05) is 13.0 Å². The molecule has 206 valence electrons. The molecule has 2 aromatic carbocycles. The number of ether oxygens (including phenoxy) is 1. The quantitative estimate of drug-likeness (QED) is 0.405. The van der Waals surface area contributed by atoms with E-state index in [1.54, 1.807) is 37.3 Å². The summed E-state index contributed by atoms with van der Waals surface area (Å²) in [4.78, 5) is 24.9. The Kier molecular flexibility index (Phi) is 7.39. The maximum Gasteiger partial charge on any atom is 0.360 e. The van der Waals surface area contributed by atoms with Crippen LogP contribution in [0.4, 0.5) is 5.82 Å². The maximum absolute atomic E-state index is 13.0. The summed E-state index contributed by atoms with van der Waals surface area (Å²) in [5, 5.41) is 0.726. The first-order chi connectivity index (χ1) is 18.4. The van der Waals surface area contributed by atoms with Gasteiger partial charge in [-0.15, -0.1) is 0 Å². The second-order valence-corrected chi connectivity index (χ2v) is 13.1. The summed E-state index contributed by atoms with van der Waals surface area (Å²) in [7, 11) is -3.30. The lowest BCUT2D eigenvalue weighted by Gasteiger charge is -2.42. The number of nitrogens with two attached hydrogens (primary N) is 1. The first-order valence-electron chi connectivity index (χ1n) is 12.8. The van der Waals surface area contributed by atoms with Crippen LogP contribution in [0.5, 0.6) is 0 Å². The van der Waals surface area contributed by atoms with Crippen molar-refractivity contribution in [2.45, 2.75) is 44.0 Å². The molecule has 39 heavy (non-hydrogen) atoms. The van der Waals surface area contributed by atoms with Gasteiger partial charge in [0.1, 0.15) is 0 Å². The average molecular weight is 590 g/mol. The highest BCUT2D eigenvalue weighted by Crippen LogP contribution is 2.51. The summed E-state index contributed by atoms with van der Waals surface area (Å²) in [5.41, 5.74) is 10.3. The van der Waals surface area contributed by atoms with E-state index in [1.165, 1.54) is 6.26 Å². The number of piperidine rings is 1. The normalized spacial score (nSPS) is 18.3. The molecule has 0 saturated carbocycles. The first kappa shape index (κ1) is 27.8. The number of nitrogens with zero attached hydrogens (tertiary/aromatic N) is 3. The van der Waals surface area contributed by atoms with Crippen LogP contribution < -0.4 is 10.6 Å². The third kappa shape index (κ3) is 5.01. The Morgan fingerprint density at radius 1 is 1.18 bits per heavy atom. The zero-order chi connectivity index (χ0) is 28.1. The third-order valence-corrected chi connectivity index (χ3v) is 9.80. The minimum Gasteiger partial charge on any atom is -0.461 e. The fraction of sp³-hybridized carbons (Fsp3) is 0.393. The number of aromatic nitrogens is 2. The highest BCUT2D eigenvalue weighted by atomic mass is 35.5. The molecule has 0 amide bonds. The molecule has 0 bridgehead atoms. The number of rotatable bonds is 5. The summed E-state index contributed by atoms with van der Waals surface area (Å²) in [6.45, 7) is 4.99. The number of benzene rings is 2. The van der Waals surface area contributed by atoms with Gasteiger partial charge in [-0.2, -0.15) is 0 Å². The van der Waals surface area contributed by atoms with Crippen molar-refractivity contribution >= 4 is 44.8 Å². The number of hydrogen-bond acceptors (Lipinski definition) is 8. The Labute approximate surface area is 238 Å². The van der Waals surface area contributed by atoms with E-state index in [4.69, 9.17) is 43.6 Å². The topological polar surface area (TPSA) is 115 Å². The molecular formula is C28H30Cl2N4O4S. The second-order valence-electron chi connectivity index (χ2n) is 10.3. The Bertz CT molecular complexity index is 1570. The number of sulfone groups is 1. The van der Waals surface area contributed by atoms with Gasteiger partial charge in [-0.25, -0.2) is 23.2 Å². The molecule has 5 rings (SSSR count). The summed E-state index contributed by atoms with van der Waals surface area (Å²) in [6.07, 6.45) is 3.43. The van der Waals surface area contributed by atoms with Crippen molar-refractivity contribution in [1.82, 2.24) is 9.97 Å². The van der Waals surface area contributed by atoms with Gasteiger partial charge in [0.25, 0.3) is 0 Å². The minimum absolute atomic E-state index is 0.126. The van der Waals surface area contributed by atoms with Crippen LogP contribution in [-0.2, 0) is 21.0 Å². The summed E-state index contributed by atoms with van der Waals surface area (Å²) in [5.74, 6) is -0.0934. The molecule has 1 fully saturated rings. The fourth-order valence-corrected chi connectivity index (χ4v) is 6.81. The van der Waals surface area contributed by atoms with E-state index < -0.39 is 15.8 Å². The molecule has 1 aliphatic heterocycles. The number of fused-ring (bicyclic) bond motifs is 1. The first-order valence-corrected chi connectivity index (χ1v) is 15.4. The van der Waals surface area contributed by atoms with Crippen LogP contribution in [0.2, 0.25) is 10.0 Å². The lowest BCUT2D eigenvalue weighted by molar-refractivity contribution is 0.0519. The zero-order valence-corrected chi connectivity index (χ0v) is 24.3. The SMILES string of the molecule is CCOC(=O)c1nc(-c2cccc(Cl)c2Cl)c(C)nc1N1CCC2(CC1)Cc1cc(S(C)(=O)=O)ccc1[C@H]2N. The van der Waals surface area contributed by atoms with Crippen molar-refractivity contribution < 1.29 is 17.9 Å². The Hall–Kier alpha value is -2.72. The summed E-state index contributed by atoms with van der Waals surface area (Å²) >= 11 is 12.7. The van der Waals surface area contributed by atoms with E-state index in [9.17, 15) is 13.2 Å². The Morgan fingerprint density at radius 3 is 2.56 bits per heavy atom. The van der Waals surface area contributed by atoms with Gasteiger partial charge in [0.05, 0.1) is 32.9 Å². The molecular weight excluding hydrogens is 559 g/mol. The van der Waals surface area contributed by atoms with Crippen molar-refractivity contribution in [3.63, 3.8) is 0 Å². The van der Waals surface area contributed by atoms with Crippen LogP contribution in [0, 0.1) is 12.3 Å². The monoisotopic (exact) mass is 588 g/mol. The maximum atomic E-state index is 13.0. The van der Waals surface area contributed by atoms with Crippen LogP contribution in [0.25, 0.3) is 11.3 Å². The molecule has 11 heteroatoms. The summed E-state index contributed by atoms with van der Waals surface area (Å²) < 4.78 is 29.5. The number of aryl methyl sites for hydroxylation is 1. The predicted octanol–water partition coefficient (Wildman–Crippen LogP) is 5.18. The number of anilines is 1. The number of carbonyl (C=O) groups excluding carboxylic acids is 1. The zero-order valence-electron chi connectivity index (χ0n) is 22.0. The van der Waals surface area contributed by atoms with Gasteiger partial charge in [-0.1, -0.05) is 41.4 Å². The molecule has 2 heterocycles. The molecule has 1 spiro atoms. The minimum atomic E-state index is -3.30. The van der Waals surface area contributed by atoms with Gasteiger partial charge in [0, 0.05) is 31.0 Å². The third-order valence-electron chi connectivity index (χ3n) is 7.87. The van der Waals surface area contributed by atoms with Gasteiger partial charge in [-0.05, 0) is 67.9 Å². The van der Waals surface area contributed by atoms with E-state index in [-0.39, 0.29) is 23.8 Å². The van der Waals surface area contributed by atoms with Crippen molar-refractivity contribution in [2.24, 2.45) is 11.1 Å². The highest BCUT2D eigenvalue weighted by molar-refractivity contribution is 7.90. The van der Waals surface area contributed by atoms with Crippen molar-refractivity contribution in [1.29, 1.82) is 0 Å². The second kappa shape index (κ2) is 10.4. The molecule has 1 saturated heterocycles. The van der Waals surface area contributed by atoms with Crippen LogP contribution in [0.1, 0.15) is 53.1 Å². The molecule has 0 radical (unpaired) electrons. The van der Waals surface area contributed by atoms with Gasteiger partial charge < -0.3 is 15.4 Å². The Balaban J connectivity index is 1.46. The molecule has 0 unspecified atom stereocenters. The molecule has 2 N–H and O–H groups in total. The molecule has 1 aliphatic carbocycles. The molecule has 3 aromatic rings. The van der Waals surface area contributed by atoms with Crippen LogP contribution in [0.15, 0.2) is 41.3 Å². The van der Waals surface area contributed by atoms with Crippen LogP contribution in [0.3, 0.4) is 0 Å². The molecule has 8 nitrogen and oxygen atoms in total. The van der Waals surface area contributed by atoms with E-state index in [2.05, 4.69) is 4.90 Å². The van der Waals surface area contributed by atoms with Crippen molar-refractivity contribution in [3.8, 4) is 11.3 Å². The number of halogens is 2. The van der Waals surface area contributed by atoms with Gasteiger partial charge in [0.15, 0.2) is 21.3 Å². The average Bonchev–Trinajstić information content (AvgIpc) is 3.16. The van der Waals surface area contributed by atoms with Crippen LogP contribution >= 0.6 is 23.2 Å². The number of esters is 1. The number of carbonyl (C=O) groups is 1. The predicted molar refractivity (Wildman–Crippen MR) is 152 cm³/mol. The number of hydrogen-bond donors (Lipinski definition) is 1. The fourth-order valence-electron chi connectivity index (χ4n) is 5.75. The van der Waals surface area contributed by atoms with Crippen LogP contribution in [-0.4, -0.2) is 50.3 Å². The van der Waals surface area contributed by atoms with Gasteiger partial charge >= 0.3 is 5.97 Å². The van der Waals surface area contributed by atoms with Gasteiger partial charge in [-0.3, -0.25) is 0 Å². The highest BCUT2D eigenvalue weighted by Gasteiger charge is 2.46.